The Labute approximate surface area is 143 Å². The minimum absolute atomic E-state index is 0.0376. The maximum atomic E-state index is 10.7. The minimum Gasteiger partial charge on any atom is -0.507 e. The molecule has 0 fully saturated rings. The van der Waals surface area contributed by atoms with Crippen LogP contribution < -0.4 is 4.74 Å². The average molecular weight is 353 g/mol. The SMILES string of the molecule is COCCOCCOc1ccc(C2=N/C(=C\C(=O)O)CS2)c(O)c1. The number of hydrogen-bond donors (Lipinski definition) is 2. The van der Waals surface area contributed by atoms with Crippen molar-refractivity contribution >= 4 is 22.8 Å². The Hall–Kier alpha value is -2.03. The van der Waals surface area contributed by atoms with E-state index < -0.39 is 5.97 Å². The van der Waals surface area contributed by atoms with Crippen molar-refractivity contribution in [2.45, 2.75) is 0 Å². The summed E-state index contributed by atoms with van der Waals surface area (Å²) in [5.74, 6) is 0.00130. The molecular weight excluding hydrogens is 334 g/mol. The van der Waals surface area contributed by atoms with Crippen molar-refractivity contribution < 1.29 is 29.2 Å². The standard InChI is InChI=1S/C16H19NO6S/c1-21-4-5-22-6-7-23-12-2-3-13(14(18)9-12)16-17-11(10-24-16)8-15(19)20/h2-3,8-9,18H,4-7,10H2,1H3,(H,19,20)/b11-8-. The van der Waals surface area contributed by atoms with Crippen LogP contribution in [0.15, 0.2) is 35.0 Å². The number of ether oxygens (including phenoxy) is 3. The number of aliphatic carboxylic acids is 1. The first kappa shape index (κ1) is 18.3. The summed E-state index contributed by atoms with van der Waals surface area (Å²) in [6.45, 7) is 1.84. The van der Waals surface area contributed by atoms with Gasteiger partial charge in [-0.05, 0) is 12.1 Å². The van der Waals surface area contributed by atoms with Crippen LogP contribution in [0.5, 0.6) is 11.5 Å². The van der Waals surface area contributed by atoms with Crippen LogP contribution in [0, 0.1) is 0 Å². The second-order valence-electron chi connectivity index (χ2n) is 4.81. The summed E-state index contributed by atoms with van der Waals surface area (Å²) in [6.07, 6.45) is 1.07. The Bertz CT molecular complexity index is 643. The third kappa shape index (κ3) is 5.55. The monoisotopic (exact) mass is 353 g/mol. The van der Waals surface area contributed by atoms with Crippen LogP contribution in [0.2, 0.25) is 0 Å². The molecule has 0 saturated heterocycles. The van der Waals surface area contributed by atoms with E-state index in [4.69, 9.17) is 19.3 Å². The zero-order chi connectivity index (χ0) is 17.4. The lowest BCUT2D eigenvalue weighted by molar-refractivity contribution is -0.131. The van der Waals surface area contributed by atoms with E-state index in [-0.39, 0.29) is 5.75 Å². The molecule has 1 aliphatic rings. The topological polar surface area (TPSA) is 97.6 Å². The third-order valence-electron chi connectivity index (χ3n) is 3.02. The molecule has 0 amide bonds. The van der Waals surface area contributed by atoms with Crippen LogP contribution >= 0.6 is 11.8 Å². The first-order chi connectivity index (χ1) is 11.6. The molecule has 0 atom stereocenters. The van der Waals surface area contributed by atoms with Crippen LogP contribution in [0.3, 0.4) is 0 Å². The van der Waals surface area contributed by atoms with Gasteiger partial charge < -0.3 is 24.4 Å². The Morgan fingerprint density at radius 2 is 2.12 bits per heavy atom. The predicted molar refractivity (Wildman–Crippen MR) is 91.0 cm³/mol. The fraction of sp³-hybridized carbons (Fsp3) is 0.375. The molecule has 0 aromatic heterocycles. The van der Waals surface area contributed by atoms with Crippen LogP contribution in [0.1, 0.15) is 5.56 Å². The van der Waals surface area contributed by atoms with Gasteiger partial charge in [-0.3, -0.25) is 0 Å². The van der Waals surface area contributed by atoms with Crippen molar-refractivity contribution in [3.8, 4) is 11.5 Å². The highest BCUT2D eigenvalue weighted by atomic mass is 32.2. The molecule has 0 aliphatic carbocycles. The Kier molecular flexibility index (Phi) is 7.10. The number of aromatic hydroxyl groups is 1. The number of methoxy groups -OCH3 is 1. The van der Waals surface area contributed by atoms with E-state index in [2.05, 4.69) is 4.99 Å². The number of carbonyl (C=O) groups is 1. The van der Waals surface area contributed by atoms with E-state index in [0.29, 0.717) is 54.2 Å². The van der Waals surface area contributed by atoms with Crippen molar-refractivity contribution in [2.24, 2.45) is 4.99 Å². The van der Waals surface area contributed by atoms with Crippen LogP contribution in [-0.2, 0) is 14.3 Å². The first-order valence-electron chi connectivity index (χ1n) is 7.28. The molecule has 1 aromatic rings. The third-order valence-corrected chi connectivity index (χ3v) is 4.04. The van der Waals surface area contributed by atoms with Gasteiger partial charge in [0.25, 0.3) is 0 Å². The highest BCUT2D eigenvalue weighted by Crippen LogP contribution is 2.32. The van der Waals surface area contributed by atoms with Gasteiger partial charge >= 0.3 is 5.97 Å². The summed E-state index contributed by atoms with van der Waals surface area (Å²) < 4.78 is 15.6. The van der Waals surface area contributed by atoms with Crippen LogP contribution in [0.4, 0.5) is 0 Å². The zero-order valence-electron chi connectivity index (χ0n) is 13.2. The molecule has 0 radical (unpaired) electrons. The van der Waals surface area contributed by atoms with Crippen molar-refractivity contribution in [3.63, 3.8) is 0 Å². The number of carboxylic acid groups (broad SMARTS) is 1. The molecule has 7 nitrogen and oxygen atoms in total. The quantitative estimate of drug-likeness (QED) is 0.517. The minimum atomic E-state index is -1.03. The van der Waals surface area contributed by atoms with Gasteiger partial charge in [0.1, 0.15) is 23.1 Å². The average Bonchev–Trinajstić information content (AvgIpc) is 2.98. The molecule has 2 N–H and O–H groups in total. The van der Waals surface area contributed by atoms with Crippen molar-refractivity contribution in [2.75, 3.05) is 39.3 Å². The lowest BCUT2D eigenvalue weighted by atomic mass is 10.2. The van der Waals surface area contributed by atoms with Gasteiger partial charge in [0, 0.05) is 30.6 Å². The molecule has 0 saturated carbocycles. The number of hydrogen-bond acceptors (Lipinski definition) is 7. The fourth-order valence-corrected chi connectivity index (χ4v) is 2.88. The summed E-state index contributed by atoms with van der Waals surface area (Å²) in [4.78, 5) is 14.9. The number of carboxylic acids is 1. The number of rotatable bonds is 9. The van der Waals surface area contributed by atoms with Crippen LogP contribution in [-0.4, -0.2) is 60.5 Å². The van der Waals surface area contributed by atoms with Gasteiger partial charge in [-0.15, -0.1) is 0 Å². The number of phenolic OH excluding ortho intramolecular Hbond substituents is 1. The summed E-state index contributed by atoms with van der Waals surface area (Å²) in [6, 6.07) is 4.94. The number of phenols is 1. The maximum absolute atomic E-state index is 10.7. The molecule has 0 unspecified atom stereocenters. The van der Waals surface area contributed by atoms with E-state index in [1.54, 1.807) is 19.2 Å². The molecule has 8 heteroatoms. The van der Waals surface area contributed by atoms with Crippen LogP contribution in [0.25, 0.3) is 0 Å². The van der Waals surface area contributed by atoms with Gasteiger partial charge in [0.15, 0.2) is 0 Å². The predicted octanol–water partition coefficient (Wildman–Crippen LogP) is 1.90. The summed E-state index contributed by atoms with van der Waals surface area (Å²) in [7, 11) is 1.61. The summed E-state index contributed by atoms with van der Waals surface area (Å²) in [5.41, 5.74) is 1.02. The lowest BCUT2D eigenvalue weighted by Crippen LogP contribution is -2.10. The largest absolute Gasteiger partial charge is 0.507 e. The Morgan fingerprint density at radius 3 is 2.83 bits per heavy atom. The Balaban J connectivity index is 1.92. The highest BCUT2D eigenvalue weighted by molar-refractivity contribution is 8.14. The second-order valence-corrected chi connectivity index (χ2v) is 5.78. The summed E-state index contributed by atoms with van der Waals surface area (Å²) >= 11 is 1.38. The van der Waals surface area contributed by atoms with Crippen molar-refractivity contribution in [3.05, 3.63) is 35.5 Å². The van der Waals surface area contributed by atoms with E-state index in [1.807, 2.05) is 0 Å². The first-order valence-corrected chi connectivity index (χ1v) is 8.26. The van der Waals surface area contributed by atoms with Crippen molar-refractivity contribution in [1.82, 2.24) is 0 Å². The van der Waals surface area contributed by atoms with E-state index in [0.717, 1.165) is 6.08 Å². The number of aliphatic imine (C=N–C) groups is 1. The van der Waals surface area contributed by atoms with Gasteiger partial charge in [-0.1, -0.05) is 11.8 Å². The van der Waals surface area contributed by atoms with E-state index in [9.17, 15) is 9.90 Å². The van der Waals surface area contributed by atoms with E-state index in [1.165, 1.54) is 17.8 Å². The smallest absolute Gasteiger partial charge is 0.330 e. The van der Waals surface area contributed by atoms with Gasteiger partial charge in [-0.2, -0.15) is 0 Å². The molecular formula is C16H19NO6S. The van der Waals surface area contributed by atoms with E-state index >= 15 is 0 Å². The summed E-state index contributed by atoms with van der Waals surface area (Å²) in [5, 5.41) is 19.5. The number of benzene rings is 1. The molecule has 1 aromatic carbocycles. The molecule has 130 valence electrons. The molecule has 1 heterocycles. The second kappa shape index (κ2) is 9.31. The number of nitrogens with zero attached hydrogens (tertiary/aromatic N) is 1. The molecule has 24 heavy (non-hydrogen) atoms. The molecule has 1 aliphatic heterocycles. The zero-order valence-corrected chi connectivity index (χ0v) is 14.0. The number of thioether (sulfide) groups is 1. The lowest BCUT2D eigenvalue weighted by Gasteiger charge is -2.09. The van der Waals surface area contributed by atoms with Crippen molar-refractivity contribution in [1.29, 1.82) is 0 Å². The van der Waals surface area contributed by atoms with Gasteiger partial charge in [-0.25, -0.2) is 9.79 Å². The maximum Gasteiger partial charge on any atom is 0.330 e. The Morgan fingerprint density at radius 1 is 1.33 bits per heavy atom. The molecule has 0 spiro atoms. The van der Waals surface area contributed by atoms with Gasteiger partial charge in [0.2, 0.25) is 0 Å². The highest BCUT2D eigenvalue weighted by Gasteiger charge is 2.18. The normalized spacial score (nSPS) is 15.5. The van der Waals surface area contributed by atoms with Gasteiger partial charge in [0.05, 0.1) is 25.5 Å². The molecule has 2 rings (SSSR count). The fourth-order valence-electron chi connectivity index (χ4n) is 1.94. The molecule has 0 bridgehead atoms.